The first-order valence-corrected chi connectivity index (χ1v) is 7.03. The number of nitrogens with zero attached hydrogens (tertiary/aromatic N) is 3. The molecule has 0 saturated heterocycles. The molecule has 2 heterocycles. The Labute approximate surface area is 113 Å². The summed E-state index contributed by atoms with van der Waals surface area (Å²) in [5.41, 5.74) is 0. The van der Waals surface area contributed by atoms with Crippen LogP contribution in [0.3, 0.4) is 0 Å². The second-order valence-corrected chi connectivity index (χ2v) is 5.80. The van der Waals surface area contributed by atoms with Crippen molar-refractivity contribution in [1.29, 1.82) is 0 Å². The zero-order valence-electron chi connectivity index (χ0n) is 9.98. The number of hydrogen-bond donors (Lipinski definition) is 0. The number of halogens is 1. The second kappa shape index (κ2) is 5.29. The van der Waals surface area contributed by atoms with Crippen molar-refractivity contribution in [2.45, 2.75) is 19.4 Å². The largest absolute Gasteiger partial charge is 0.337 e. The molecule has 0 aliphatic rings. The van der Waals surface area contributed by atoms with Gasteiger partial charge in [-0.1, -0.05) is 12.1 Å². The van der Waals surface area contributed by atoms with Gasteiger partial charge in [-0.2, -0.15) is 4.98 Å². The Hall–Kier alpha value is -0.720. The van der Waals surface area contributed by atoms with Gasteiger partial charge in [0.2, 0.25) is 11.7 Å². The van der Waals surface area contributed by atoms with E-state index in [0.29, 0.717) is 11.7 Å². The molecule has 6 heteroatoms. The van der Waals surface area contributed by atoms with Gasteiger partial charge in [0.05, 0.1) is 10.9 Å². The van der Waals surface area contributed by atoms with E-state index in [4.69, 9.17) is 4.52 Å². The predicted molar refractivity (Wildman–Crippen MR) is 72.0 cm³/mol. The summed E-state index contributed by atoms with van der Waals surface area (Å²) in [5.74, 6) is 1.34. The highest BCUT2D eigenvalue weighted by Gasteiger charge is 2.20. The molecule has 2 aromatic heterocycles. The van der Waals surface area contributed by atoms with Crippen LogP contribution < -0.4 is 0 Å². The molecule has 0 amide bonds. The van der Waals surface area contributed by atoms with Gasteiger partial charge in [-0.05, 0) is 42.5 Å². The van der Waals surface area contributed by atoms with Gasteiger partial charge in [0, 0.05) is 9.85 Å². The molecule has 92 valence electrons. The topological polar surface area (TPSA) is 42.2 Å². The van der Waals surface area contributed by atoms with Crippen LogP contribution in [0.15, 0.2) is 20.4 Å². The van der Waals surface area contributed by atoms with Crippen molar-refractivity contribution in [1.82, 2.24) is 15.0 Å². The van der Waals surface area contributed by atoms with E-state index in [1.807, 2.05) is 25.5 Å². The molecular weight excluding hydrogens is 302 g/mol. The zero-order chi connectivity index (χ0) is 12.4. The van der Waals surface area contributed by atoms with Crippen molar-refractivity contribution in [2.75, 3.05) is 14.1 Å². The summed E-state index contributed by atoms with van der Waals surface area (Å²) in [7, 11) is 4.03. The normalized spacial score (nSPS) is 13.2. The fraction of sp³-hybridized carbons (Fsp3) is 0.455. The average Bonchev–Trinajstić information content (AvgIpc) is 2.87. The first-order chi connectivity index (χ1) is 8.11. The third-order valence-electron chi connectivity index (χ3n) is 2.52. The van der Waals surface area contributed by atoms with E-state index < -0.39 is 0 Å². The molecule has 0 spiro atoms. The highest BCUT2D eigenvalue weighted by Crippen LogP contribution is 2.29. The number of hydrogen-bond acceptors (Lipinski definition) is 5. The molecule has 1 atom stereocenters. The van der Waals surface area contributed by atoms with E-state index in [0.717, 1.165) is 15.8 Å². The van der Waals surface area contributed by atoms with Gasteiger partial charge < -0.3 is 4.52 Å². The third kappa shape index (κ3) is 2.75. The maximum absolute atomic E-state index is 5.33. The lowest BCUT2D eigenvalue weighted by Crippen LogP contribution is -2.19. The van der Waals surface area contributed by atoms with Gasteiger partial charge in [0.1, 0.15) is 0 Å². The van der Waals surface area contributed by atoms with Crippen LogP contribution in [-0.2, 0) is 0 Å². The Morgan fingerprint density at radius 3 is 2.82 bits per heavy atom. The highest BCUT2D eigenvalue weighted by atomic mass is 79.9. The summed E-state index contributed by atoms with van der Waals surface area (Å²) in [6.45, 7) is 2.11. The molecule has 0 fully saturated rings. The number of thiophene rings is 1. The van der Waals surface area contributed by atoms with E-state index in [1.165, 1.54) is 0 Å². The van der Waals surface area contributed by atoms with Crippen LogP contribution in [0.25, 0.3) is 10.7 Å². The SMILES string of the molecule is CC[C@H](c1nc(-c2cc(Br)cs2)no1)N(C)C. The van der Waals surface area contributed by atoms with Crippen LogP contribution in [0.5, 0.6) is 0 Å². The van der Waals surface area contributed by atoms with Crippen LogP contribution in [0.4, 0.5) is 0 Å². The summed E-state index contributed by atoms with van der Waals surface area (Å²) in [6, 6.07) is 2.18. The molecule has 0 unspecified atom stereocenters. The van der Waals surface area contributed by atoms with Crippen molar-refractivity contribution in [3.8, 4) is 10.7 Å². The molecule has 0 aromatic carbocycles. The summed E-state index contributed by atoms with van der Waals surface area (Å²) in [4.78, 5) is 7.56. The fourth-order valence-corrected chi connectivity index (χ4v) is 3.01. The molecule has 0 bridgehead atoms. The Bertz CT molecular complexity index is 494. The van der Waals surface area contributed by atoms with E-state index in [9.17, 15) is 0 Å². The molecule has 0 aliphatic carbocycles. The van der Waals surface area contributed by atoms with Gasteiger partial charge in [-0.3, -0.25) is 4.90 Å². The predicted octanol–water partition coefficient (Wildman–Crippen LogP) is 3.57. The molecule has 2 rings (SSSR count). The van der Waals surface area contributed by atoms with Crippen LogP contribution in [-0.4, -0.2) is 29.1 Å². The van der Waals surface area contributed by atoms with Crippen LogP contribution >= 0.6 is 27.3 Å². The van der Waals surface area contributed by atoms with E-state index in [2.05, 4.69) is 37.9 Å². The summed E-state index contributed by atoms with van der Waals surface area (Å²) >= 11 is 5.02. The Kier molecular flexibility index (Phi) is 3.96. The Morgan fingerprint density at radius 2 is 2.29 bits per heavy atom. The lowest BCUT2D eigenvalue weighted by atomic mass is 10.2. The van der Waals surface area contributed by atoms with Gasteiger partial charge in [0.25, 0.3) is 0 Å². The van der Waals surface area contributed by atoms with Crippen LogP contribution in [0.2, 0.25) is 0 Å². The average molecular weight is 316 g/mol. The molecule has 4 nitrogen and oxygen atoms in total. The van der Waals surface area contributed by atoms with Gasteiger partial charge in [-0.15, -0.1) is 11.3 Å². The van der Waals surface area contributed by atoms with Gasteiger partial charge >= 0.3 is 0 Å². The minimum absolute atomic E-state index is 0.180. The molecule has 0 saturated carbocycles. The number of rotatable bonds is 4. The molecule has 0 aliphatic heterocycles. The second-order valence-electron chi connectivity index (χ2n) is 3.97. The van der Waals surface area contributed by atoms with Crippen molar-refractivity contribution in [3.05, 3.63) is 21.8 Å². The van der Waals surface area contributed by atoms with E-state index in [-0.39, 0.29) is 6.04 Å². The molecule has 0 N–H and O–H groups in total. The Morgan fingerprint density at radius 1 is 1.53 bits per heavy atom. The van der Waals surface area contributed by atoms with Crippen LogP contribution in [0.1, 0.15) is 25.3 Å². The minimum atomic E-state index is 0.180. The zero-order valence-corrected chi connectivity index (χ0v) is 12.4. The quantitative estimate of drug-likeness (QED) is 0.865. The lowest BCUT2D eigenvalue weighted by molar-refractivity contribution is 0.224. The van der Waals surface area contributed by atoms with Gasteiger partial charge in [0.15, 0.2) is 0 Å². The van der Waals surface area contributed by atoms with Crippen molar-refractivity contribution >= 4 is 27.3 Å². The maximum Gasteiger partial charge on any atom is 0.244 e. The molecule has 2 aromatic rings. The van der Waals surface area contributed by atoms with Crippen LogP contribution in [0, 0.1) is 0 Å². The maximum atomic E-state index is 5.33. The highest BCUT2D eigenvalue weighted by molar-refractivity contribution is 9.10. The van der Waals surface area contributed by atoms with Crippen molar-refractivity contribution in [3.63, 3.8) is 0 Å². The molecule has 17 heavy (non-hydrogen) atoms. The van der Waals surface area contributed by atoms with E-state index in [1.54, 1.807) is 11.3 Å². The molecule has 0 radical (unpaired) electrons. The number of aromatic nitrogens is 2. The first-order valence-electron chi connectivity index (χ1n) is 5.36. The third-order valence-corrected chi connectivity index (χ3v) is 4.21. The lowest BCUT2D eigenvalue weighted by Gasteiger charge is -2.17. The summed E-state index contributed by atoms with van der Waals surface area (Å²) < 4.78 is 6.38. The monoisotopic (exact) mass is 315 g/mol. The first kappa shape index (κ1) is 12.7. The Balaban J connectivity index is 2.26. The van der Waals surface area contributed by atoms with Gasteiger partial charge in [-0.25, -0.2) is 0 Å². The standard InChI is InChI=1S/C11H14BrN3OS/c1-4-8(15(2)3)11-13-10(14-16-11)9-5-7(12)6-17-9/h5-6,8H,4H2,1-3H3/t8-/m1/s1. The van der Waals surface area contributed by atoms with Crippen molar-refractivity contribution < 1.29 is 4.52 Å². The minimum Gasteiger partial charge on any atom is -0.337 e. The fourth-order valence-electron chi connectivity index (χ4n) is 1.66. The molecular formula is C11H14BrN3OS. The summed E-state index contributed by atoms with van der Waals surface area (Å²) in [5, 5.41) is 6.04. The smallest absolute Gasteiger partial charge is 0.244 e. The van der Waals surface area contributed by atoms with Crippen molar-refractivity contribution in [2.24, 2.45) is 0 Å². The summed E-state index contributed by atoms with van der Waals surface area (Å²) in [6.07, 6.45) is 0.947. The van der Waals surface area contributed by atoms with E-state index >= 15 is 0 Å².